The van der Waals surface area contributed by atoms with Crippen molar-refractivity contribution in [3.05, 3.63) is 53.9 Å². The fraction of sp³-hybridized carbons (Fsp3) is 0.333. The molecule has 0 amide bonds. The van der Waals surface area contributed by atoms with Crippen molar-refractivity contribution in [3.63, 3.8) is 0 Å². The van der Waals surface area contributed by atoms with E-state index in [1.165, 1.54) is 6.07 Å². The van der Waals surface area contributed by atoms with Crippen LogP contribution in [-0.2, 0) is 6.18 Å². The Balaban J connectivity index is 1.77. The molecule has 1 fully saturated rings. The van der Waals surface area contributed by atoms with E-state index in [-0.39, 0.29) is 11.9 Å². The number of benzene rings is 1. The highest BCUT2D eigenvalue weighted by Gasteiger charge is 2.34. The van der Waals surface area contributed by atoms with Gasteiger partial charge in [0.25, 0.3) is 0 Å². The number of anilines is 1. The van der Waals surface area contributed by atoms with Crippen LogP contribution in [0.2, 0.25) is 0 Å². The van der Waals surface area contributed by atoms with Gasteiger partial charge in [0.15, 0.2) is 0 Å². The zero-order valence-electron chi connectivity index (χ0n) is 12.0. The van der Waals surface area contributed by atoms with Gasteiger partial charge < -0.3 is 10.2 Å². The minimum absolute atomic E-state index is 0.243. The quantitative estimate of drug-likeness (QED) is 0.862. The van der Waals surface area contributed by atoms with Crippen LogP contribution < -0.4 is 10.2 Å². The molecule has 2 aromatic rings. The van der Waals surface area contributed by atoms with Gasteiger partial charge in [0.05, 0.1) is 24.1 Å². The van der Waals surface area contributed by atoms with Crippen molar-refractivity contribution in [1.29, 1.82) is 0 Å². The molecular formula is C15H14F4N4. The van der Waals surface area contributed by atoms with Crippen molar-refractivity contribution in [2.45, 2.75) is 12.2 Å². The number of nitrogens with one attached hydrogen (secondary N) is 1. The summed E-state index contributed by atoms with van der Waals surface area (Å²) in [5.41, 5.74) is 1.02. The lowest BCUT2D eigenvalue weighted by molar-refractivity contribution is -0.144. The van der Waals surface area contributed by atoms with Gasteiger partial charge in [0.2, 0.25) is 5.82 Å². The van der Waals surface area contributed by atoms with Crippen LogP contribution in [0.25, 0.3) is 0 Å². The summed E-state index contributed by atoms with van der Waals surface area (Å²) in [6.07, 6.45) is -2.25. The van der Waals surface area contributed by atoms with Gasteiger partial charge in [-0.15, -0.1) is 0 Å². The average Bonchev–Trinajstić information content (AvgIpc) is 2.55. The number of nitrogens with zero attached hydrogens (tertiary/aromatic N) is 3. The van der Waals surface area contributed by atoms with Crippen molar-refractivity contribution in [3.8, 4) is 0 Å². The lowest BCUT2D eigenvalue weighted by atomic mass is 10.0. The maximum Gasteiger partial charge on any atom is 0.451 e. The Kier molecular flexibility index (Phi) is 4.16. The molecule has 0 radical (unpaired) electrons. The fourth-order valence-corrected chi connectivity index (χ4v) is 2.58. The molecule has 4 nitrogen and oxygen atoms in total. The maximum atomic E-state index is 13.9. The molecule has 1 saturated heterocycles. The highest BCUT2D eigenvalue weighted by molar-refractivity contribution is 5.43. The van der Waals surface area contributed by atoms with Crippen LogP contribution in [0.4, 0.5) is 23.2 Å². The van der Waals surface area contributed by atoms with E-state index >= 15 is 0 Å². The number of halogens is 4. The van der Waals surface area contributed by atoms with E-state index in [9.17, 15) is 17.6 Å². The van der Waals surface area contributed by atoms with E-state index in [4.69, 9.17) is 0 Å². The van der Waals surface area contributed by atoms with E-state index in [1.54, 1.807) is 18.2 Å². The van der Waals surface area contributed by atoms with Crippen molar-refractivity contribution in [2.24, 2.45) is 0 Å². The molecule has 23 heavy (non-hydrogen) atoms. The highest BCUT2D eigenvalue weighted by atomic mass is 19.4. The van der Waals surface area contributed by atoms with Crippen LogP contribution in [0, 0.1) is 5.82 Å². The minimum Gasteiger partial charge on any atom is -0.366 e. The normalized spacial score (nSPS) is 19.0. The van der Waals surface area contributed by atoms with E-state index in [0.29, 0.717) is 30.9 Å². The van der Waals surface area contributed by atoms with E-state index in [1.807, 2.05) is 4.90 Å². The molecule has 1 unspecified atom stereocenters. The Bertz CT molecular complexity index is 672. The topological polar surface area (TPSA) is 41.1 Å². The number of aromatic nitrogens is 2. The van der Waals surface area contributed by atoms with Gasteiger partial charge in [-0.2, -0.15) is 13.2 Å². The second-order valence-corrected chi connectivity index (χ2v) is 5.24. The van der Waals surface area contributed by atoms with Crippen LogP contribution in [0.3, 0.4) is 0 Å². The summed E-state index contributed by atoms with van der Waals surface area (Å²) in [4.78, 5) is 8.58. The molecule has 1 aromatic carbocycles. The first-order chi connectivity index (χ1) is 10.9. The van der Waals surface area contributed by atoms with E-state index in [2.05, 4.69) is 15.3 Å². The van der Waals surface area contributed by atoms with Crippen molar-refractivity contribution >= 4 is 5.69 Å². The minimum atomic E-state index is -4.56. The van der Waals surface area contributed by atoms with Gasteiger partial charge in [-0.25, -0.2) is 14.4 Å². The third-order valence-corrected chi connectivity index (χ3v) is 3.71. The molecule has 1 atom stereocenters. The summed E-state index contributed by atoms with van der Waals surface area (Å²) in [6.45, 7) is 1.59. The summed E-state index contributed by atoms with van der Waals surface area (Å²) < 4.78 is 51.4. The molecule has 2 heterocycles. The van der Waals surface area contributed by atoms with Gasteiger partial charge in [-0.1, -0.05) is 18.2 Å². The van der Waals surface area contributed by atoms with Crippen LogP contribution in [0.15, 0.2) is 36.7 Å². The third kappa shape index (κ3) is 3.42. The summed E-state index contributed by atoms with van der Waals surface area (Å²) in [6, 6.07) is 6.20. The molecule has 0 saturated carbocycles. The monoisotopic (exact) mass is 326 g/mol. The molecule has 1 aliphatic heterocycles. The molecular weight excluding hydrogens is 312 g/mol. The number of rotatable bonds is 2. The van der Waals surface area contributed by atoms with Crippen molar-refractivity contribution in [2.75, 3.05) is 24.5 Å². The van der Waals surface area contributed by atoms with Crippen molar-refractivity contribution in [1.82, 2.24) is 15.3 Å². The number of piperazine rings is 1. The first-order valence-corrected chi connectivity index (χ1v) is 7.07. The SMILES string of the molecule is Fc1ccccc1C1CN(c2cnc(C(F)(F)F)nc2)CCN1. The Morgan fingerprint density at radius 3 is 2.48 bits per heavy atom. The molecule has 8 heteroatoms. The largest absolute Gasteiger partial charge is 0.451 e. The van der Waals surface area contributed by atoms with Crippen LogP contribution >= 0.6 is 0 Å². The van der Waals surface area contributed by atoms with Crippen LogP contribution in [0.1, 0.15) is 17.4 Å². The first-order valence-electron chi connectivity index (χ1n) is 7.07. The molecule has 1 N–H and O–H groups in total. The molecule has 0 spiro atoms. The van der Waals surface area contributed by atoms with E-state index in [0.717, 1.165) is 12.4 Å². The van der Waals surface area contributed by atoms with Crippen LogP contribution in [-0.4, -0.2) is 29.6 Å². The lowest BCUT2D eigenvalue weighted by Crippen LogP contribution is -2.46. The number of hydrogen-bond acceptors (Lipinski definition) is 4. The maximum absolute atomic E-state index is 13.9. The zero-order chi connectivity index (χ0) is 16.4. The summed E-state index contributed by atoms with van der Waals surface area (Å²) in [5, 5.41) is 3.21. The second kappa shape index (κ2) is 6.11. The summed E-state index contributed by atoms with van der Waals surface area (Å²) in [7, 11) is 0. The number of hydrogen-bond donors (Lipinski definition) is 1. The van der Waals surface area contributed by atoms with Crippen molar-refractivity contribution < 1.29 is 17.6 Å². The summed E-state index contributed by atoms with van der Waals surface area (Å²) >= 11 is 0. The Morgan fingerprint density at radius 1 is 1.13 bits per heavy atom. The zero-order valence-corrected chi connectivity index (χ0v) is 12.0. The molecule has 1 aliphatic rings. The van der Waals surface area contributed by atoms with Gasteiger partial charge in [0, 0.05) is 25.2 Å². The predicted molar refractivity (Wildman–Crippen MR) is 76.4 cm³/mol. The van der Waals surface area contributed by atoms with Gasteiger partial charge in [-0.05, 0) is 6.07 Å². The molecule has 122 valence electrons. The van der Waals surface area contributed by atoms with Gasteiger partial charge in [-0.3, -0.25) is 0 Å². The Morgan fingerprint density at radius 2 is 1.83 bits per heavy atom. The Hall–Kier alpha value is -2.22. The van der Waals surface area contributed by atoms with Gasteiger partial charge >= 0.3 is 6.18 Å². The standard InChI is InChI=1S/C15H14F4N4/c16-12-4-2-1-3-11(12)13-9-23(6-5-20-13)10-7-21-14(22-8-10)15(17,18)19/h1-4,7-8,13,20H,5-6,9H2. The van der Waals surface area contributed by atoms with Crippen LogP contribution in [0.5, 0.6) is 0 Å². The summed E-state index contributed by atoms with van der Waals surface area (Å²) in [5.74, 6) is -1.47. The highest BCUT2D eigenvalue weighted by Crippen LogP contribution is 2.27. The molecule has 3 rings (SSSR count). The Labute approximate surface area is 130 Å². The smallest absolute Gasteiger partial charge is 0.366 e. The van der Waals surface area contributed by atoms with E-state index < -0.39 is 12.0 Å². The number of alkyl halides is 3. The third-order valence-electron chi connectivity index (χ3n) is 3.71. The fourth-order valence-electron chi connectivity index (χ4n) is 2.58. The lowest BCUT2D eigenvalue weighted by Gasteiger charge is -2.35. The molecule has 0 bridgehead atoms. The molecule has 0 aliphatic carbocycles. The second-order valence-electron chi connectivity index (χ2n) is 5.24. The average molecular weight is 326 g/mol. The molecule has 1 aromatic heterocycles. The first kappa shape index (κ1) is 15.7. The predicted octanol–water partition coefficient (Wildman–Crippen LogP) is 2.79. The van der Waals surface area contributed by atoms with Gasteiger partial charge in [0.1, 0.15) is 5.82 Å².